The Labute approximate surface area is 160 Å². The molecule has 0 aliphatic carbocycles. The summed E-state index contributed by atoms with van der Waals surface area (Å²) < 4.78 is 5.00. The molecule has 144 valence electrons. The van der Waals surface area contributed by atoms with Crippen LogP contribution in [0.4, 0.5) is 21.9 Å². The molecule has 1 fully saturated rings. The first-order valence-corrected chi connectivity index (χ1v) is 9.45. The smallest absolute Gasteiger partial charge is 0.409 e. The monoisotopic (exact) mass is 392 g/mol. The Morgan fingerprint density at radius 2 is 2.15 bits per heavy atom. The van der Waals surface area contributed by atoms with Crippen LogP contribution in [0.25, 0.3) is 0 Å². The molecule has 1 heterocycles. The molecule has 1 N–H and O–H groups in total. The van der Waals surface area contributed by atoms with Crippen molar-refractivity contribution in [3.05, 3.63) is 28.3 Å². The number of thioether (sulfide) groups is 1. The number of aliphatic imine (C=N–C) groups is 1. The molecule has 1 saturated heterocycles. The van der Waals surface area contributed by atoms with Gasteiger partial charge in [0, 0.05) is 37.9 Å². The second kappa shape index (κ2) is 9.63. The molecule has 10 nitrogen and oxygen atoms in total. The first kappa shape index (κ1) is 20.3. The van der Waals surface area contributed by atoms with Crippen LogP contribution >= 0.6 is 11.8 Å². The first-order chi connectivity index (χ1) is 13.0. The van der Waals surface area contributed by atoms with Crippen molar-refractivity contribution in [1.29, 1.82) is 5.26 Å². The Hall–Kier alpha value is -3.00. The van der Waals surface area contributed by atoms with Gasteiger partial charge >= 0.3 is 6.09 Å². The summed E-state index contributed by atoms with van der Waals surface area (Å²) in [6.07, 6.45) is 3.14. The highest BCUT2D eigenvalue weighted by molar-refractivity contribution is 8.13. The predicted octanol–water partition coefficient (Wildman–Crippen LogP) is 2.29. The topological polar surface area (TPSA) is 124 Å². The van der Waals surface area contributed by atoms with Gasteiger partial charge in [-0.1, -0.05) is 11.8 Å². The van der Waals surface area contributed by atoms with E-state index in [-0.39, 0.29) is 22.6 Å². The van der Waals surface area contributed by atoms with Gasteiger partial charge in [0.05, 0.1) is 11.5 Å². The number of nitrogens with zero attached hydrogens (tertiary/aromatic N) is 5. The molecule has 0 atom stereocenters. The number of carbonyl (C=O) groups is 1. The third kappa shape index (κ3) is 5.24. The van der Waals surface area contributed by atoms with Gasteiger partial charge in [0.2, 0.25) is 0 Å². The number of benzene rings is 1. The molecule has 0 aromatic heterocycles. The van der Waals surface area contributed by atoms with E-state index in [0.717, 1.165) is 5.69 Å². The highest BCUT2D eigenvalue weighted by Gasteiger charge is 2.23. The second-order valence-corrected chi connectivity index (χ2v) is 6.26. The first-order valence-electron chi connectivity index (χ1n) is 8.23. The third-order valence-electron chi connectivity index (χ3n) is 3.90. The molecule has 2 rings (SSSR count). The Morgan fingerprint density at radius 3 is 2.70 bits per heavy atom. The van der Waals surface area contributed by atoms with Gasteiger partial charge in [0.1, 0.15) is 5.69 Å². The van der Waals surface area contributed by atoms with E-state index in [1.165, 1.54) is 17.8 Å². The molecule has 11 heteroatoms. The van der Waals surface area contributed by atoms with E-state index in [1.54, 1.807) is 36.4 Å². The highest BCUT2D eigenvalue weighted by atomic mass is 32.2. The summed E-state index contributed by atoms with van der Waals surface area (Å²) >= 11 is 1.18. The third-order valence-corrected chi connectivity index (χ3v) is 4.48. The number of hydrogen-bond acceptors (Lipinski definition) is 8. The lowest BCUT2D eigenvalue weighted by Gasteiger charge is -2.35. The van der Waals surface area contributed by atoms with E-state index in [2.05, 4.69) is 10.3 Å². The van der Waals surface area contributed by atoms with Gasteiger partial charge in [-0.3, -0.25) is 15.4 Å². The van der Waals surface area contributed by atoms with Gasteiger partial charge in [0.15, 0.2) is 11.4 Å². The maximum atomic E-state index is 11.8. The van der Waals surface area contributed by atoms with Crippen LogP contribution < -0.4 is 10.2 Å². The van der Waals surface area contributed by atoms with E-state index in [1.807, 2.05) is 4.90 Å². The normalized spacial score (nSPS) is 14.5. The van der Waals surface area contributed by atoms with Gasteiger partial charge < -0.3 is 14.5 Å². The van der Waals surface area contributed by atoms with E-state index >= 15 is 0 Å². The molecule has 1 aliphatic heterocycles. The zero-order chi connectivity index (χ0) is 19.8. The van der Waals surface area contributed by atoms with Crippen molar-refractivity contribution in [2.75, 3.05) is 43.9 Å². The fraction of sp³-hybridized carbons (Fsp3) is 0.438. The van der Waals surface area contributed by atoms with Gasteiger partial charge in [-0.15, -0.1) is 0 Å². The maximum Gasteiger partial charge on any atom is 0.409 e. The van der Waals surface area contributed by atoms with Crippen molar-refractivity contribution < 1.29 is 14.5 Å². The summed E-state index contributed by atoms with van der Waals surface area (Å²) in [6.45, 7) is 4.24. The molecule has 0 unspecified atom stereocenters. The number of amidine groups is 1. The molecule has 1 aliphatic rings. The lowest BCUT2D eigenvalue weighted by Crippen LogP contribution is -2.49. The number of nitrogens with one attached hydrogen (secondary N) is 1. The summed E-state index contributed by atoms with van der Waals surface area (Å²) in [7, 11) is 0. The number of nitro benzene ring substituents is 1. The lowest BCUT2D eigenvalue weighted by atomic mass is 10.2. The SMILES string of the molecule is CCOC(=O)N1CCN(c2ccc([N+](=O)[O-])c(N=C(NC#N)SC)c2)CC1. The number of anilines is 1. The van der Waals surface area contributed by atoms with E-state index in [4.69, 9.17) is 10.00 Å². The minimum Gasteiger partial charge on any atom is -0.450 e. The molecule has 0 radical (unpaired) electrons. The Kier molecular flexibility index (Phi) is 7.25. The fourth-order valence-electron chi connectivity index (χ4n) is 2.60. The number of piperazine rings is 1. The average molecular weight is 392 g/mol. The zero-order valence-electron chi connectivity index (χ0n) is 15.0. The number of carbonyl (C=O) groups excluding carboxylic acids is 1. The van der Waals surface area contributed by atoms with Crippen molar-refractivity contribution in [2.45, 2.75) is 6.92 Å². The number of nitriles is 1. The van der Waals surface area contributed by atoms with Gasteiger partial charge in [0.25, 0.3) is 5.69 Å². The molecule has 0 spiro atoms. The van der Waals surface area contributed by atoms with Crippen molar-refractivity contribution in [1.82, 2.24) is 10.2 Å². The van der Waals surface area contributed by atoms with Gasteiger partial charge in [-0.2, -0.15) is 5.26 Å². The largest absolute Gasteiger partial charge is 0.450 e. The van der Waals surface area contributed by atoms with E-state index < -0.39 is 4.92 Å². The molecular weight excluding hydrogens is 372 g/mol. The van der Waals surface area contributed by atoms with Crippen LogP contribution in [-0.4, -0.2) is 60.1 Å². The molecule has 1 aromatic rings. The van der Waals surface area contributed by atoms with E-state index in [9.17, 15) is 14.9 Å². The lowest BCUT2D eigenvalue weighted by molar-refractivity contribution is -0.384. The standard InChI is InChI=1S/C16H20N6O4S/c1-3-26-16(23)21-8-6-20(7-9-21)12-4-5-14(22(24)25)13(10-12)19-15(27-2)18-11-17/h4-5,10H,3,6-9H2,1-2H3,(H,18,19). The molecular formula is C16H20N6O4S. The van der Waals surface area contributed by atoms with Crippen LogP contribution in [-0.2, 0) is 4.74 Å². The number of hydrogen-bond donors (Lipinski definition) is 1. The summed E-state index contributed by atoms with van der Waals surface area (Å²) in [5, 5.41) is 22.7. The van der Waals surface area contributed by atoms with Gasteiger partial charge in [-0.05, 0) is 25.3 Å². The van der Waals surface area contributed by atoms with E-state index in [0.29, 0.717) is 32.8 Å². The average Bonchev–Trinajstić information content (AvgIpc) is 2.67. The van der Waals surface area contributed by atoms with Gasteiger partial charge in [-0.25, -0.2) is 9.79 Å². The minimum absolute atomic E-state index is 0.143. The van der Waals surface area contributed by atoms with Crippen molar-refractivity contribution in [3.63, 3.8) is 0 Å². The number of ether oxygens (including phenoxy) is 1. The summed E-state index contributed by atoms with van der Waals surface area (Å²) in [5.41, 5.74) is 0.785. The zero-order valence-corrected chi connectivity index (χ0v) is 15.9. The van der Waals surface area contributed by atoms with Crippen LogP contribution in [0.15, 0.2) is 23.2 Å². The molecule has 1 aromatic carbocycles. The van der Waals surface area contributed by atoms with Crippen LogP contribution in [0.5, 0.6) is 0 Å². The van der Waals surface area contributed by atoms with Crippen LogP contribution in [0.1, 0.15) is 6.92 Å². The molecule has 0 bridgehead atoms. The second-order valence-electron chi connectivity index (χ2n) is 5.46. The summed E-state index contributed by atoms with van der Waals surface area (Å²) in [4.78, 5) is 30.4. The fourth-order valence-corrected chi connectivity index (χ4v) is 2.93. The highest BCUT2D eigenvalue weighted by Crippen LogP contribution is 2.33. The minimum atomic E-state index is -0.508. The number of nitro groups is 1. The van der Waals surface area contributed by atoms with Crippen molar-refractivity contribution in [3.8, 4) is 6.19 Å². The summed E-state index contributed by atoms with van der Waals surface area (Å²) in [5.74, 6) is 0. The van der Waals surface area contributed by atoms with Crippen LogP contribution in [0.3, 0.4) is 0 Å². The van der Waals surface area contributed by atoms with Crippen LogP contribution in [0, 0.1) is 21.6 Å². The maximum absolute atomic E-state index is 11.8. The quantitative estimate of drug-likeness (QED) is 0.207. The predicted molar refractivity (Wildman–Crippen MR) is 103 cm³/mol. The summed E-state index contributed by atoms with van der Waals surface area (Å²) in [6, 6.07) is 4.68. The Bertz CT molecular complexity index is 771. The van der Waals surface area contributed by atoms with Crippen molar-refractivity contribution >= 4 is 40.1 Å². The number of rotatable bonds is 4. The Morgan fingerprint density at radius 1 is 1.44 bits per heavy atom. The van der Waals surface area contributed by atoms with Crippen LogP contribution in [0.2, 0.25) is 0 Å². The molecule has 27 heavy (non-hydrogen) atoms. The molecule has 1 amide bonds. The Balaban J connectivity index is 2.22. The van der Waals surface area contributed by atoms with Crippen molar-refractivity contribution in [2.24, 2.45) is 4.99 Å². The molecule has 0 saturated carbocycles. The number of amides is 1.